The van der Waals surface area contributed by atoms with E-state index in [0.29, 0.717) is 17.6 Å². The van der Waals surface area contributed by atoms with E-state index in [1.807, 2.05) is 0 Å². The number of nitrogens with one attached hydrogen (secondary N) is 1. The highest BCUT2D eigenvalue weighted by Gasteiger charge is 2.02. The standard InChI is InChI=1S/C13H22ClN3O2/c1-3-4-7-19-8-5-6-15-12-9-11(14)16-13(17-12)10-18-2/h9H,3-8,10H2,1-2H3,(H,15,16,17). The third-order valence-corrected chi connectivity index (χ3v) is 2.62. The molecule has 0 unspecified atom stereocenters. The maximum absolute atomic E-state index is 5.91. The Labute approximate surface area is 119 Å². The molecule has 0 saturated heterocycles. The van der Waals surface area contributed by atoms with Crippen molar-refractivity contribution in [3.63, 3.8) is 0 Å². The topological polar surface area (TPSA) is 56.3 Å². The number of rotatable bonds is 10. The first kappa shape index (κ1) is 16.1. The van der Waals surface area contributed by atoms with Gasteiger partial charge in [-0.25, -0.2) is 9.97 Å². The zero-order valence-corrected chi connectivity index (χ0v) is 12.4. The summed E-state index contributed by atoms with van der Waals surface area (Å²) < 4.78 is 10.5. The third-order valence-electron chi connectivity index (χ3n) is 2.43. The van der Waals surface area contributed by atoms with Crippen molar-refractivity contribution in [3.8, 4) is 0 Å². The number of methoxy groups -OCH3 is 1. The monoisotopic (exact) mass is 287 g/mol. The molecule has 1 aromatic heterocycles. The molecule has 0 aromatic carbocycles. The summed E-state index contributed by atoms with van der Waals surface area (Å²) in [5.41, 5.74) is 0. The molecule has 0 radical (unpaired) electrons. The average Bonchev–Trinajstić information content (AvgIpc) is 2.37. The predicted octanol–water partition coefficient (Wildman–Crippen LogP) is 2.90. The van der Waals surface area contributed by atoms with Crippen LogP contribution in [-0.2, 0) is 16.1 Å². The quantitative estimate of drug-likeness (QED) is 0.530. The van der Waals surface area contributed by atoms with E-state index in [1.165, 1.54) is 6.42 Å². The van der Waals surface area contributed by atoms with Crippen molar-refractivity contribution >= 4 is 17.4 Å². The minimum Gasteiger partial charge on any atom is -0.381 e. The molecule has 0 fully saturated rings. The summed E-state index contributed by atoms with van der Waals surface area (Å²) in [5, 5.41) is 3.62. The minimum absolute atomic E-state index is 0.357. The van der Waals surface area contributed by atoms with Crippen LogP contribution in [0.2, 0.25) is 5.15 Å². The molecule has 0 aliphatic carbocycles. The third kappa shape index (κ3) is 7.30. The van der Waals surface area contributed by atoms with Crippen LogP contribution in [0.5, 0.6) is 0 Å². The molecular weight excluding hydrogens is 266 g/mol. The fraction of sp³-hybridized carbons (Fsp3) is 0.692. The molecule has 1 heterocycles. The maximum Gasteiger partial charge on any atom is 0.158 e. The van der Waals surface area contributed by atoms with E-state index in [-0.39, 0.29) is 0 Å². The van der Waals surface area contributed by atoms with Crippen molar-refractivity contribution in [2.24, 2.45) is 0 Å². The Kier molecular flexibility index (Phi) is 8.45. The highest BCUT2D eigenvalue weighted by atomic mass is 35.5. The molecule has 0 aliphatic heterocycles. The van der Waals surface area contributed by atoms with Crippen LogP contribution in [0, 0.1) is 0 Å². The number of unbranched alkanes of at least 4 members (excludes halogenated alkanes) is 1. The number of halogens is 1. The van der Waals surface area contributed by atoms with Gasteiger partial charge in [0.2, 0.25) is 0 Å². The largest absolute Gasteiger partial charge is 0.381 e. The van der Waals surface area contributed by atoms with Gasteiger partial charge in [-0.1, -0.05) is 24.9 Å². The zero-order chi connectivity index (χ0) is 13.9. The van der Waals surface area contributed by atoms with Crippen molar-refractivity contribution in [2.75, 3.05) is 32.2 Å². The van der Waals surface area contributed by atoms with Gasteiger partial charge in [0.05, 0.1) is 0 Å². The second-order valence-electron chi connectivity index (χ2n) is 4.17. The summed E-state index contributed by atoms with van der Waals surface area (Å²) >= 11 is 5.91. The summed E-state index contributed by atoms with van der Waals surface area (Å²) in [7, 11) is 1.60. The van der Waals surface area contributed by atoms with Gasteiger partial charge < -0.3 is 14.8 Å². The van der Waals surface area contributed by atoms with Gasteiger partial charge in [-0.15, -0.1) is 0 Å². The molecule has 0 spiro atoms. The molecule has 1 aromatic rings. The second kappa shape index (κ2) is 9.95. The molecule has 0 amide bonds. The molecule has 19 heavy (non-hydrogen) atoms. The van der Waals surface area contributed by atoms with Gasteiger partial charge in [-0.2, -0.15) is 0 Å². The molecule has 0 bridgehead atoms. The van der Waals surface area contributed by atoms with E-state index in [0.717, 1.165) is 38.4 Å². The number of anilines is 1. The fourth-order valence-corrected chi connectivity index (χ4v) is 1.69. The van der Waals surface area contributed by atoms with E-state index in [4.69, 9.17) is 21.1 Å². The van der Waals surface area contributed by atoms with Crippen LogP contribution < -0.4 is 5.32 Å². The van der Waals surface area contributed by atoms with E-state index in [1.54, 1.807) is 13.2 Å². The number of nitrogens with zero attached hydrogens (tertiary/aromatic N) is 2. The van der Waals surface area contributed by atoms with Crippen LogP contribution in [-0.4, -0.2) is 36.8 Å². The minimum atomic E-state index is 0.357. The molecule has 1 rings (SSSR count). The first-order valence-electron chi connectivity index (χ1n) is 6.60. The zero-order valence-electron chi connectivity index (χ0n) is 11.6. The lowest BCUT2D eigenvalue weighted by atomic mass is 10.3. The molecule has 6 heteroatoms. The Morgan fingerprint density at radius 2 is 2.05 bits per heavy atom. The molecule has 108 valence electrons. The van der Waals surface area contributed by atoms with Crippen molar-refractivity contribution in [2.45, 2.75) is 32.8 Å². The Hall–Kier alpha value is -0.910. The smallest absolute Gasteiger partial charge is 0.158 e. The first-order chi connectivity index (χ1) is 9.26. The van der Waals surface area contributed by atoms with Crippen LogP contribution in [0.15, 0.2) is 6.07 Å². The van der Waals surface area contributed by atoms with Gasteiger partial charge in [-0.3, -0.25) is 0 Å². The van der Waals surface area contributed by atoms with Gasteiger partial charge in [0.15, 0.2) is 5.82 Å². The SMILES string of the molecule is CCCCOCCCNc1cc(Cl)nc(COC)n1. The molecular formula is C13H22ClN3O2. The van der Waals surface area contributed by atoms with Gasteiger partial charge in [0, 0.05) is 32.9 Å². The number of aromatic nitrogens is 2. The highest BCUT2D eigenvalue weighted by Crippen LogP contribution is 2.12. The molecule has 0 aliphatic rings. The lowest BCUT2D eigenvalue weighted by molar-refractivity contribution is 0.131. The van der Waals surface area contributed by atoms with Gasteiger partial charge >= 0.3 is 0 Å². The average molecular weight is 288 g/mol. The first-order valence-corrected chi connectivity index (χ1v) is 6.98. The molecule has 0 saturated carbocycles. The van der Waals surface area contributed by atoms with E-state index in [2.05, 4.69) is 22.2 Å². The number of hydrogen-bond acceptors (Lipinski definition) is 5. The lowest BCUT2D eigenvalue weighted by Crippen LogP contribution is -2.09. The van der Waals surface area contributed by atoms with Crippen LogP contribution in [0.3, 0.4) is 0 Å². The highest BCUT2D eigenvalue weighted by molar-refractivity contribution is 6.29. The summed E-state index contributed by atoms with van der Waals surface area (Å²) in [6.07, 6.45) is 3.22. The van der Waals surface area contributed by atoms with Gasteiger partial charge in [0.25, 0.3) is 0 Å². The van der Waals surface area contributed by atoms with Crippen LogP contribution in [0.1, 0.15) is 32.0 Å². The number of hydrogen-bond donors (Lipinski definition) is 1. The van der Waals surface area contributed by atoms with Crippen LogP contribution in [0.4, 0.5) is 5.82 Å². The lowest BCUT2D eigenvalue weighted by Gasteiger charge is -2.08. The van der Waals surface area contributed by atoms with E-state index >= 15 is 0 Å². The molecule has 1 N–H and O–H groups in total. The Balaban J connectivity index is 2.25. The predicted molar refractivity (Wildman–Crippen MR) is 76.6 cm³/mol. The summed E-state index contributed by atoms with van der Waals surface area (Å²) in [4.78, 5) is 8.36. The fourth-order valence-electron chi connectivity index (χ4n) is 1.49. The molecule has 0 atom stereocenters. The Morgan fingerprint density at radius 3 is 2.79 bits per heavy atom. The normalized spacial score (nSPS) is 10.7. The summed E-state index contributed by atoms with van der Waals surface area (Å²) in [6.45, 7) is 4.91. The Morgan fingerprint density at radius 1 is 1.26 bits per heavy atom. The van der Waals surface area contributed by atoms with Crippen LogP contribution >= 0.6 is 11.6 Å². The Bertz CT molecular complexity index is 364. The van der Waals surface area contributed by atoms with Gasteiger partial charge in [-0.05, 0) is 12.8 Å². The van der Waals surface area contributed by atoms with Crippen molar-refractivity contribution in [1.29, 1.82) is 0 Å². The summed E-state index contributed by atoms with van der Waals surface area (Å²) in [6, 6.07) is 1.71. The van der Waals surface area contributed by atoms with Crippen molar-refractivity contribution in [1.82, 2.24) is 9.97 Å². The second-order valence-corrected chi connectivity index (χ2v) is 4.56. The van der Waals surface area contributed by atoms with E-state index in [9.17, 15) is 0 Å². The molecule has 5 nitrogen and oxygen atoms in total. The van der Waals surface area contributed by atoms with Crippen molar-refractivity contribution < 1.29 is 9.47 Å². The van der Waals surface area contributed by atoms with Crippen molar-refractivity contribution in [3.05, 3.63) is 17.0 Å². The summed E-state index contributed by atoms with van der Waals surface area (Å²) in [5.74, 6) is 1.30. The van der Waals surface area contributed by atoms with Crippen LogP contribution in [0.25, 0.3) is 0 Å². The maximum atomic E-state index is 5.91. The van der Waals surface area contributed by atoms with Gasteiger partial charge in [0.1, 0.15) is 17.6 Å². The van der Waals surface area contributed by atoms with E-state index < -0.39 is 0 Å². The number of ether oxygens (including phenoxy) is 2.